The van der Waals surface area contributed by atoms with Crippen LogP contribution in [-0.4, -0.2) is 0 Å². The summed E-state index contributed by atoms with van der Waals surface area (Å²) in [5.41, 5.74) is 6.94. The molecule has 0 spiro atoms. The van der Waals surface area contributed by atoms with Crippen molar-refractivity contribution in [2.75, 3.05) is 0 Å². The summed E-state index contributed by atoms with van der Waals surface area (Å²) in [6.45, 7) is 0. The van der Waals surface area contributed by atoms with Crippen LogP contribution in [0, 0.1) is 45.3 Å². The fourth-order valence-corrected chi connectivity index (χ4v) is 3.94. The topological polar surface area (TPSA) is 97.4 Å². The molecule has 23 heavy (non-hydrogen) atoms. The van der Waals surface area contributed by atoms with Crippen molar-refractivity contribution in [3.05, 3.63) is 58.8 Å². The Morgan fingerprint density at radius 1 is 1.09 bits per heavy atom. The molecule has 2 aliphatic carbocycles. The average Bonchev–Trinajstić information content (AvgIpc) is 2.62. The maximum Gasteiger partial charge on any atom is 0.187 e. The van der Waals surface area contributed by atoms with E-state index in [9.17, 15) is 15.8 Å². The molecule has 1 aromatic carbocycles. The largest absolute Gasteiger partial charge is 0.398 e. The zero-order valence-corrected chi connectivity index (χ0v) is 12.7. The number of benzene rings is 1. The third-order valence-electron chi connectivity index (χ3n) is 4.95. The monoisotopic (exact) mass is 300 g/mol. The Labute approximate surface area is 135 Å². The molecule has 2 atom stereocenters. The zero-order chi connectivity index (χ0) is 16.4. The highest BCUT2D eigenvalue weighted by molar-refractivity contribution is 5.58. The molecule has 2 N–H and O–H groups in total. The summed E-state index contributed by atoms with van der Waals surface area (Å²) in [5.74, 6) is -0.366. The lowest BCUT2D eigenvalue weighted by Crippen LogP contribution is -2.41. The van der Waals surface area contributed by atoms with E-state index >= 15 is 0 Å². The first-order valence-electron chi connectivity index (χ1n) is 7.67. The molecule has 0 saturated heterocycles. The zero-order valence-electron chi connectivity index (χ0n) is 12.7. The number of allylic oxidation sites excluding steroid dienone is 3. The van der Waals surface area contributed by atoms with E-state index in [0.717, 1.165) is 30.4 Å². The van der Waals surface area contributed by atoms with Gasteiger partial charge in [-0.2, -0.15) is 15.8 Å². The lowest BCUT2D eigenvalue weighted by Gasteiger charge is -2.43. The summed E-state index contributed by atoms with van der Waals surface area (Å²) >= 11 is 0. The minimum absolute atomic E-state index is 0.00236. The first-order chi connectivity index (χ1) is 11.2. The molecule has 0 unspecified atom stereocenters. The van der Waals surface area contributed by atoms with Crippen LogP contribution in [-0.2, 0) is 0 Å². The smallest absolute Gasteiger partial charge is 0.187 e. The van der Waals surface area contributed by atoms with Crippen LogP contribution in [0.5, 0.6) is 0 Å². The molecule has 0 aromatic heterocycles. The minimum Gasteiger partial charge on any atom is -0.398 e. The average molecular weight is 300 g/mol. The van der Waals surface area contributed by atoms with E-state index in [-0.39, 0.29) is 17.4 Å². The molecule has 0 aliphatic heterocycles. The van der Waals surface area contributed by atoms with E-state index in [1.807, 2.05) is 36.4 Å². The summed E-state index contributed by atoms with van der Waals surface area (Å²) in [4.78, 5) is 0. The number of hydrogen-bond acceptors (Lipinski definition) is 4. The van der Waals surface area contributed by atoms with Gasteiger partial charge in [-0.1, -0.05) is 36.4 Å². The van der Waals surface area contributed by atoms with Crippen molar-refractivity contribution in [3.63, 3.8) is 0 Å². The van der Waals surface area contributed by atoms with Gasteiger partial charge in [-0.05, 0) is 36.3 Å². The summed E-state index contributed by atoms with van der Waals surface area (Å²) in [5, 5.41) is 29.3. The summed E-state index contributed by atoms with van der Waals surface area (Å²) in [6.07, 6.45) is 4.85. The maximum atomic E-state index is 9.85. The van der Waals surface area contributed by atoms with Crippen LogP contribution in [0.1, 0.15) is 30.7 Å². The third-order valence-corrected chi connectivity index (χ3v) is 4.95. The molecule has 4 heteroatoms. The lowest BCUT2D eigenvalue weighted by atomic mass is 9.56. The number of fused-ring (bicyclic) bond motifs is 1. The van der Waals surface area contributed by atoms with Gasteiger partial charge in [-0.25, -0.2) is 0 Å². The molecule has 112 valence electrons. The molecule has 3 rings (SSSR count). The predicted octanol–water partition coefficient (Wildman–Crippen LogP) is 3.28. The van der Waals surface area contributed by atoms with Crippen LogP contribution in [0.3, 0.4) is 0 Å². The van der Waals surface area contributed by atoms with Gasteiger partial charge in [0, 0.05) is 5.92 Å². The third kappa shape index (κ3) is 2.02. The molecular weight excluding hydrogens is 284 g/mol. The molecular formula is C19H16N4. The van der Waals surface area contributed by atoms with Crippen LogP contribution in [0.2, 0.25) is 0 Å². The fourth-order valence-electron chi connectivity index (χ4n) is 3.94. The second-order valence-electron chi connectivity index (χ2n) is 6.02. The van der Waals surface area contributed by atoms with Gasteiger partial charge in [-0.15, -0.1) is 0 Å². The van der Waals surface area contributed by atoms with Crippen LogP contribution in [0.25, 0.3) is 0 Å². The van der Waals surface area contributed by atoms with Crippen molar-refractivity contribution >= 4 is 0 Å². The van der Waals surface area contributed by atoms with Crippen molar-refractivity contribution in [3.8, 4) is 18.2 Å². The van der Waals surface area contributed by atoms with Gasteiger partial charge in [0.15, 0.2) is 5.41 Å². The molecule has 2 aliphatic rings. The fraction of sp³-hybridized carbons (Fsp3) is 0.316. The van der Waals surface area contributed by atoms with Crippen LogP contribution < -0.4 is 5.73 Å². The van der Waals surface area contributed by atoms with E-state index in [2.05, 4.69) is 18.2 Å². The normalized spacial score (nSPS) is 25.3. The predicted molar refractivity (Wildman–Crippen MR) is 85.1 cm³/mol. The van der Waals surface area contributed by atoms with Crippen molar-refractivity contribution in [2.24, 2.45) is 17.1 Å². The Morgan fingerprint density at radius 2 is 1.78 bits per heavy atom. The molecule has 0 amide bonds. The van der Waals surface area contributed by atoms with Crippen molar-refractivity contribution < 1.29 is 0 Å². The Bertz CT molecular complexity index is 798. The molecule has 4 nitrogen and oxygen atoms in total. The van der Waals surface area contributed by atoms with E-state index in [1.54, 1.807) is 0 Å². The summed E-state index contributed by atoms with van der Waals surface area (Å²) in [6, 6.07) is 15.9. The maximum absolute atomic E-state index is 9.85. The molecule has 0 heterocycles. The first kappa shape index (κ1) is 14.9. The highest BCUT2D eigenvalue weighted by atomic mass is 14.7. The van der Waals surface area contributed by atoms with E-state index in [1.165, 1.54) is 0 Å². The first-order valence-corrected chi connectivity index (χ1v) is 7.67. The molecule has 0 saturated carbocycles. The van der Waals surface area contributed by atoms with Gasteiger partial charge in [0.2, 0.25) is 0 Å². The minimum atomic E-state index is -1.53. The number of nitrogens with zero attached hydrogens (tertiary/aromatic N) is 3. The highest BCUT2D eigenvalue weighted by Crippen LogP contribution is 2.55. The van der Waals surface area contributed by atoms with Gasteiger partial charge in [0.25, 0.3) is 0 Å². The Kier molecular flexibility index (Phi) is 3.65. The van der Waals surface area contributed by atoms with Crippen LogP contribution in [0.4, 0.5) is 0 Å². The van der Waals surface area contributed by atoms with Gasteiger partial charge >= 0.3 is 0 Å². The van der Waals surface area contributed by atoms with Crippen LogP contribution >= 0.6 is 0 Å². The Balaban J connectivity index is 2.34. The number of hydrogen-bond donors (Lipinski definition) is 1. The molecule has 0 fully saturated rings. The second kappa shape index (κ2) is 5.64. The summed E-state index contributed by atoms with van der Waals surface area (Å²) in [7, 11) is 0. The van der Waals surface area contributed by atoms with E-state index in [4.69, 9.17) is 5.73 Å². The van der Waals surface area contributed by atoms with Gasteiger partial charge in [-0.3, -0.25) is 0 Å². The Morgan fingerprint density at radius 3 is 2.39 bits per heavy atom. The highest BCUT2D eigenvalue weighted by Gasteiger charge is 2.54. The molecule has 0 bridgehead atoms. The van der Waals surface area contributed by atoms with E-state index < -0.39 is 5.41 Å². The van der Waals surface area contributed by atoms with Gasteiger partial charge in [0.1, 0.15) is 0 Å². The lowest BCUT2D eigenvalue weighted by molar-refractivity contribution is 0.322. The number of nitriles is 3. The van der Waals surface area contributed by atoms with E-state index in [0.29, 0.717) is 5.70 Å². The standard InChI is InChI=1S/C19H16N4/c20-10-16-18(23)15-9-5-4-8-14(15)17(19(16,11-21)12-22)13-6-2-1-3-7-13/h1-3,6-7,9,14,17H,4-5,8,23H2/t14-,17+/m1/s1. The number of nitrogens with two attached hydrogens (primary N) is 1. The van der Waals surface area contributed by atoms with Crippen LogP contribution in [0.15, 0.2) is 53.3 Å². The van der Waals surface area contributed by atoms with Crippen molar-refractivity contribution in [2.45, 2.75) is 25.2 Å². The van der Waals surface area contributed by atoms with Crippen molar-refractivity contribution in [1.82, 2.24) is 0 Å². The molecule has 0 radical (unpaired) electrons. The summed E-state index contributed by atoms with van der Waals surface area (Å²) < 4.78 is 0. The molecule has 1 aromatic rings. The van der Waals surface area contributed by atoms with Gasteiger partial charge < -0.3 is 5.73 Å². The van der Waals surface area contributed by atoms with Gasteiger partial charge in [0.05, 0.1) is 29.5 Å². The SMILES string of the molecule is N#CC1=C(N)C2=CCCC[C@H]2[C@H](c2ccccc2)C1(C#N)C#N. The van der Waals surface area contributed by atoms with Crippen molar-refractivity contribution in [1.29, 1.82) is 15.8 Å². The second-order valence-corrected chi connectivity index (χ2v) is 6.02. The quantitative estimate of drug-likeness (QED) is 0.860. The number of rotatable bonds is 1. The Hall–Kier alpha value is -3.03.